The first kappa shape index (κ1) is 31.7. The van der Waals surface area contributed by atoms with Gasteiger partial charge in [0.15, 0.2) is 0 Å². The number of carbonyl (C=O) groups is 2. The monoisotopic (exact) mass is 579 g/mol. The largest absolute Gasteiger partial charge is 0.495 e. The van der Waals surface area contributed by atoms with Crippen LogP contribution in [-0.4, -0.2) is 50.4 Å². The summed E-state index contributed by atoms with van der Waals surface area (Å²) in [6.45, 7) is 10.9. The average Bonchev–Trinajstić information content (AvgIpc) is 2.91. The molecule has 0 saturated carbocycles. The lowest BCUT2D eigenvalue weighted by Crippen LogP contribution is -2.55. The van der Waals surface area contributed by atoms with Crippen molar-refractivity contribution in [2.75, 3.05) is 18.0 Å². The third-order valence-electron chi connectivity index (χ3n) is 6.73. The number of para-hydroxylation sites is 2. The van der Waals surface area contributed by atoms with E-state index in [-0.39, 0.29) is 23.0 Å². The van der Waals surface area contributed by atoms with E-state index >= 15 is 0 Å². The van der Waals surface area contributed by atoms with Gasteiger partial charge in [-0.2, -0.15) is 0 Å². The van der Waals surface area contributed by atoms with Gasteiger partial charge in [0.2, 0.25) is 11.8 Å². The Morgan fingerprint density at radius 3 is 2.12 bits per heavy atom. The van der Waals surface area contributed by atoms with Crippen LogP contribution in [0.5, 0.6) is 5.75 Å². The molecule has 8 nitrogen and oxygen atoms in total. The maximum Gasteiger partial charge on any atom is 0.264 e. The Morgan fingerprint density at radius 1 is 0.927 bits per heavy atom. The number of nitrogens with zero attached hydrogens (tertiary/aromatic N) is 2. The van der Waals surface area contributed by atoms with Crippen LogP contribution in [0.1, 0.15) is 50.8 Å². The van der Waals surface area contributed by atoms with Crippen LogP contribution < -0.4 is 14.4 Å². The molecule has 1 atom stereocenters. The number of hydrogen-bond acceptors (Lipinski definition) is 5. The number of ether oxygens (including phenoxy) is 1. The lowest BCUT2D eigenvalue weighted by molar-refractivity contribution is -0.141. The summed E-state index contributed by atoms with van der Waals surface area (Å²) < 4.78 is 34.7. The van der Waals surface area contributed by atoms with E-state index in [0.29, 0.717) is 12.2 Å². The lowest BCUT2D eigenvalue weighted by atomic mass is 10.0. The van der Waals surface area contributed by atoms with Crippen LogP contribution in [-0.2, 0) is 26.2 Å². The molecule has 0 heterocycles. The molecule has 1 N–H and O–H groups in total. The second-order valence-electron chi connectivity index (χ2n) is 11.1. The van der Waals surface area contributed by atoms with Crippen LogP contribution >= 0.6 is 0 Å². The molecule has 3 rings (SSSR count). The van der Waals surface area contributed by atoms with Gasteiger partial charge >= 0.3 is 0 Å². The number of aryl methyl sites for hydroxylation is 2. The fraction of sp³-hybridized carbons (Fsp3) is 0.375. The van der Waals surface area contributed by atoms with E-state index in [4.69, 9.17) is 4.74 Å². The molecule has 0 aromatic heterocycles. The number of amides is 2. The van der Waals surface area contributed by atoms with Crippen LogP contribution in [0.15, 0.2) is 77.7 Å². The molecule has 41 heavy (non-hydrogen) atoms. The lowest BCUT2D eigenvalue weighted by Gasteiger charge is -2.35. The predicted octanol–water partition coefficient (Wildman–Crippen LogP) is 5.23. The van der Waals surface area contributed by atoms with Crippen molar-refractivity contribution in [1.82, 2.24) is 10.2 Å². The molecule has 0 saturated heterocycles. The second kappa shape index (κ2) is 13.2. The van der Waals surface area contributed by atoms with Crippen molar-refractivity contribution in [3.8, 4) is 5.75 Å². The summed E-state index contributed by atoms with van der Waals surface area (Å²) >= 11 is 0. The fourth-order valence-corrected chi connectivity index (χ4v) is 5.95. The summed E-state index contributed by atoms with van der Waals surface area (Å²) in [5.41, 5.74) is 2.45. The Morgan fingerprint density at radius 2 is 1.54 bits per heavy atom. The molecular weight excluding hydrogens is 538 g/mol. The van der Waals surface area contributed by atoms with E-state index in [1.54, 1.807) is 36.4 Å². The first-order valence-electron chi connectivity index (χ1n) is 13.7. The van der Waals surface area contributed by atoms with Gasteiger partial charge in [-0.1, -0.05) is 61.0 Å². The molecule has 2 amide bonds. The summed E-state index contributed by atoms with van der Waals surface area (Å²) in [5, 5.41) is 2.99. The molecule has 0 fully saturated rings. The van der Waals surface area contributed by atoms with Gasteiger partial charge < -0.3 is 15.0 Å². The molecule has 220 valence electrons. The SMILES string of the molecule is CC[C@H](C(=O)NC(C)(C)C)N(Cc1ccccc1C)C(=O)CN(c1ccccc1OC)S(=O)(=O)c1ccc(C)cc1. The highest BCUT2D eigenvalue weighted by molar-refractivity contribution is 7.92. The molecule has 0 spiro atoms. The first-order valence-corrected chi connectivity index (χ1v) is 15.1. The molecule has 0 bridgehead atoms. The van der Waals surface area contributed by atoms with E-state index in [1.165, 1.54) is 24.1 Å². The quantitative estimate of drug-likeness (QED) is 0.336. The molecule has 3 aromatic rings. The molecule has 0 aliphatic heterocycles. The van der Waals surface area contributed by atoms with Crippen molar-refractivity contribution >= 4 is 27.5 Å². The highest BCUT2D eigenvalue weighted by Crippen LogP contribution is 2.32. The fourth-order valence-electron chi connectivity index (χ4n) is 4.53. The van der Waals surface area contributed by atoms with Gasteiger partial charge in [0.05, 0.1) is 17.7 Å². The maximum absolute atomic E-state index is 14.2. The Balaban J connectivity index is 2.12. The number of nitrogens with one attached hydrogen (secondary N) is 1. The van der Waals surface area contributed by atoms with Crippen LogP contribution in [0.25, 0.3) is 0 Å². The molecule has 0 unspecified atom stereocenters. The number of carbonyl (C=O) groups excluding carboxylic acids is 2. The van der Waals surface area contributed by atoms with Crippen molar-refractivity contribution in [3.63, 3.8) is 0 Å². The minimum Gasteiger partial charge on any atom is -0.495 e. The number of rotatable bonds is 11. The number of sulfonamides is 1. The number of methoxy groups -OCH3 is 1. The molecule has 0 aliphatic rings. The van der Waals surface area contributed by atoms with Gasteiger partial charge in [-0.15, -0.1) is 0 Å². The summed E-state index contributed by atoms with van der Waals surface area (Å²) in [4.78, 5) is 29.2. The second-order valence-corrected chi connectivity index (χ2v) is 13.0. The number of hydrogen-bond donors (Lipinski definition) is 1. The van der Waals surface area contributed by atoms with Gasteiger partial charge in [0, 0.05) is 12.1 Å². The van der Waals surface area contributed by atoms with Gasteiger partial charge in [-0.3, -0.25) is 13.9 Å². The van der Waals surface area contributed by atoms with Gasteiger partial charge in [-0.25, -0.2) is 8.42 Å². The third-order valence-corrected chi connectivity index (χ3v) is 8.50. The topological polar surface area (TPSA) is 96.0 Å². The smallest absolute Gasteiger partial charge is 0.264 e. The normalized spacial score (nSPS) is 12.4. The van der Waals surface area contributed by atoms with Gasteiger partial charge in [-0.05, 0) is 76.4 Å². The maximum atomic E-state index is 14.2. The van der Waals surface area contributed by atoms with Crippen molar-refractivity contribution in [3.05, 3.63) is 89.5 Å². The van der Waals surface area contributed by atoms with Crippen molar-refractivity contribution in [1.29, 1.82) is 0 Å². The zero-order valence-corrected chi connectivity index (χ0v) is 25.8. The third kappa shape index (κ3) is 7.88. The molecule has 0 radical (unpaired) electrons. The average molecular weight is 580 g/mol. The first-order chi connectivity index (χ1) is 19.3. The molecule has 0 aliphatic carbocycles. The standard InChI is InChI=1S/C32H41N3O5S/c1-8-27(31(37)33-32(4,5)6)34(21-25-14-10-9-13-24(25)3)30(36)22-35(28-15-11-12-16-29(28)40-7)41(38,39)26-19-17-23(2)18-20-26/h9-20,27H,8,21-22H2,1-7H3,(H,33,37)/t27-/m1/s1. The summed E-state index contributed by atoms with van der Waals surface area (Å²) in [5.74, 6) is -0.503. The van der Waals surface area contributed by atoms with E-state index in [9.17, 15) is 18.0 Å². The Kier molecular flexibility index (Phi) is 10.2. The summed E-state index contributed by atoms with van der Waals surface area (Å²) in [6.07, 6.45) is 0.346. The zero-order chi connectivity index (χ0) is 30.4. The van der Waals surface area contributed by atoms with E-state index in [1.807, 2.05) is 65.8 Å². The van der Waals surface area contributed by atoms with Crippen molar-refractivity contribution < 1.29 is 22.7 Å². The van der Waals surface area contributed by atoms with Crippen LogP contribution in [0.4, 0.5) is 5.69 Å². The highest BCUT2D eigenvalue weighted by Gasteiger charge is 2.35. The Bertz CT molecular complexity index is 1460. The van der Waals surface area contributed by atoms with E-state index < -0.39 is 34.1 Å². The molecule has 3 aromatic carbocycles. The minimum atomic E-state index is -4.19. The number of anilines is 1. The summed E-state index contributed by atoms with van der Waals surface area (Å²) in [6, 6.07) is 20.0. The number of benzene rings is 3. The van der Waals surface area contributed by atoms with Gasteiger partial charge in [0.1, 0.15) is 18.3 Å². The predicted molar refractivity (Wildman–Crippen MR) is 162 cm³/mol. The van der Waals surface area contributed by atoms with E-state index in [0.717, 1.165) is 21.0 Å². The van der Waals surface area contributed by atoms with Crippen LogP contribution in [0.2, 0.25) is 0 Å². The van der Waals surface area contributed by atoms with Crippen molar-refractivity contribution in [2.24, 2.45) is 0 Å². The summed E-state index contributed by atoms with van der Waals surface area (Å²) in [7, 11) is -2.74. The van der Waals surface area contributed by atoms with E-state index in [2.05, 4.69) is 5.32 Å². The molecular formula is C32H41N3O5S. The Hall–Kier alpha value is -3.85. The van der Waals surface area contributed by atoms with Crippen molar-refractivity contribution in [2.45, 2.75) is 71.0 Å². The molecule has 9 heteroatoms. The minimum absolute atomic E-state index is 0.0461. The Labute approximate surface area is 244 Å². The van der Waals surface area contributed by atoms with Crippen LogP contribution in [0, 0.1) is 13.8 Å². The highest BCUT2D eigenvalue weighted by atomic mass is 32.2. The van der Waals surface area contributed by atoms with Gasteiger partial charge in [0.25, 0.3) is 10.0 Å². The van der Waals surface area contributed by atoms with Crippen LogP contribution in [0.3, 0.4) is 0 Å². The zero-order valence-electron chi connectivity index (χ0n) is 25.0.